The van der Waals surface area contributed by atoms with Crippen LogP contribution in [-0.4, -0.2) is 54.5 Å². The first kappa shape index (κ1) is 21.0. The van der Waals surface area contributed by atoms with Gasteiger partial charge in [-0.1, -0.05) is 18.2 Å². The smallest absolute Gasteiger partial charge is 0.338 e. The number of hydrogen-bond acceptors (Lipinski definition) is 7. The van der Waals surface area contributed by atoms with E-state index in [0.29, 0.717) is 11.0 Å². The van der Waals surface area contributed by atoms with Crippen LogP contribution in [0.3, 0.4) is 0 Å². The molecular formula is C20H18N4O5S. The number of nitrogens with one attached hydrogen (secondary N) is 1. The number of para-hydroxylation sites is 2. The molecule has 0 aliphatic rings. The van der Waals surface area contributed by atoms with E-state index in [1.54, 1.807) is 24.3 Å². The second-order valence-electron chi connectivity index (χ2n) is 6.43. The number of fused-ring (bicyclic) bond motifs is 1. The zero-order chi connectivity index (χ0) is 21.9. The van der Waals surface area contributed by atoms with Crippen LogP contribution in [0, 0.1) is 11.3 Å². The Hall–Kier alpha value is -3.68. The quantitative estimate of drug-likeness (QED) is 0.351. The Labute approximate surface area is 172 Å². The zero-order valence-electron chi connectivity index (χ0n) is 16.2. The van der Waals surface area contributed by atoms with Crippen LogP contribution in [0.2, 0.25) is 0 Å². The van der Waals surface area contributed by atoms with E-state index < -0.39 is 28.4 Å². The third kappa shape index (κ3) is 4.17. The molecule has 2 N–H and O–H groups in total. The van der Waals surface area contributed by atoms with E-state index >= 15 is 0 Å². The van der Waals surface area contributed by atoms with Gasteiger partial charge in [0.1, 0.15) is 18.2 Å². The first-order valence-electron chi connectivity index (χ1n) is 8.71. The molecule has 0 saturated heterocycles. The summed E-state index contributed by atoms with van der Waals surface area (Å²) in [5.41, 5.74) is 1.13. The van der Waals surface area contributed by atoms with Gasteiger partial charge >= 0.3 is 5.97 Å². The number of hydrogen-bond donors (Lipinski definition) is 2. The van der Waals surface area contributed by atoms with Crippen LogP contribution in [0.1, 0.15) is 16.2 Å². The molecule has 3 rings (SSSR count). The molecule has 0 unspecified atom stereocenters. The number of ether oxygens (including phenoxy) is 1. The predicted octanol–water partition coefficient (Wildman–Crippen LogP) is 2.46. The molecule has 30 heavy (non-hydrogen) atoms. The molecule has 0 atom stereocenters. The molecule has 154 valence electrons. The third-order valence-electron chi connectivity index (χ3n) is 4.21. The number of aliphatic hydroxyl groups excluding tert-OH is 1. The first-order chi connectivity index (χ1) is 14.2. The maximum Gasteiger partial charge on any atom is 0.338 e. The van der Waals surface area contributed by atoms with Crippen LogP contribution >= 0.6 is 0 Å². The zero-order valence-corrected chi connectivity index (χ0v) is 17.0. The SMILES string of the molecule is CN(C)S(=O)(=O)c1cccc(C(=O)OC/C(O)=C(\C#N)c2nc3ccccc3[nH]2)c1. The number of imidazole rings is 1. The number of nitrogens with zero attached hydrogens (tertiary/aromatic N) is 3. The normalized spacial score (nSPS) is 12.5. The van der Waals surface area contributed by atoms with Gasteiger partial charge in [0.2, 0.25) is 10.0 Å². The number of carbonyl (C=O) groups is 1. The molecule has 2 aromatic carbocycles. The minimum Gasteiger partial charge on any atom is -0.507 e. The van der Waals surface area contributed by atoms with E-state index in [2.05, 4.69) is 9.97 Å². The summed E-state index contributed by atoms with van der Waals surface area (Å²) >= 11 is 0. The highest BCUT2D eigenvalue weighted by atomic mass is 32.2. The minimum absolute atomic E-state index is 0.00651. The lowest BCUT2D eigenvalue weighted by Gasteiger charge is -2.12. The standard InChI is InChI=1S/C20H18N4O5S/c1-24(2)30(27,28)14-7-5-6-13(10-14)20(26)29-12-18(25)15(11-21)19-22-16-8-3-4-9-17(16)23-19/h3-10,25H,12H2,1-2H3,(H,22,23)/b18-15-. The topological polar surface area (TPSA) is 136 Å². The van der Waals surface area contributed by atoms with Gasteiger partial charge in [-0.2, -0.15) is 5.26 Å². The molecule has 0 aliphatic heterocycles. The van der Waals surface area contributed by atoms with Gasteiger partial charge in [-0.15, -0.1) is 0 Å². The summed E-state index contributed by atoms with van der Waals surface area (Å²) in [4.78, 5) is 19.4. The van der Waals surface area contributed by atoms with E-state index in [4.69, 9.17) is 4.74 Å². The Kier molecular flexibility index (Phi) is 5.86. The minimum atomic E-state index is -3.72. The maximum absolute atomic E-state index is 12.3. The van der Waals surface area contributed by atoms with Crippen LogP contribution in [0.25, 0.3) is 16.6 Å². The van der Waals surface area contributed by atoms with Crippen LogP contribution in [-0.2, 0) is 14.8 Å². The van der Waals surface area contributed by atoms with Gasteiger partial charge in [0.05, 0.1) is 21.5 Å². The Bertz CT molecular complexity index is 1250. The van der Waals surface area contributed by atoms with E-state index in [-0.39, 0.29) is 21.9 Å². The molecule has 0 fully saturated rings. The van der Waals surface area contributed by atoms with Gasteiger partial charge in [-0.05, 0) is 30.3 Å². The van der Waals surface area contributed by atoms with E-state index in [1.807, 2.05) is 6.07 Å². The van der Waals surface area contributed by atoms with Gasteiger partial charge < -0.3 is 14.8 Å². The summed E-state index contributed by atoms with van der Waals surface area (Å²) in [6, 6.07) is 14.3. The van der Waals surface area contributed by atoms with Crippen LogP contribution < -0.4 is 0 Å². The van der Waals surface area contributed by atoms with E-state index in [0.717, 1.165) is 4.31 Å². The van der Waals surface area contributed by atoms with Crippen molar-refractivity contribution in [2.45, 2.75) is 4.90 Å². The Balaban J connectivity index is 1.80. The van der Waals surface area contributed by atoms with Gasteiger partial charge in [0.25, 0.3) is 0 Å². The van der Waals surface area contributed by atoms with Gasteiger partial charge in [-0.25, -0.2) is 22.5 Å². The highest BCUT2D eigenvalue weighted by Gasteiger charge is 2.20. The number of rotatable bonds is 6. The Morgan fingerprint density at radius 2 is 1.97 bits per heavy atom. The molecule has 0 saturated carbocycles. The molecule has 1 heterocycles. The summed E-state index contributed by atoms with van der Waals surface area (Å²) in [5, 5.41) is 19.7. The maximum atomic E-state index is 12.3. The van der Waals surface area contributed by atoms with Crippen molar-refractivity contribution in [3.8, 4) is 6.07 Å². The average molecular weight is 426 g/mol. The lowest BCUT2D eigenvalue weighted by Crippen LogP contribution is -2.22. The number of aromatic amines is 1. The fourth-order valence-corrected chi connectivity index (χ4v) is 3.56. The molecule has 0 bridgehead atoms. The molecule has 0 amide bonds. The lowest BCUT2D eigenvalue weighted by atomic mass is 10.2. The average Bonchev–Trinajstić information content (AvgIpc) is 3.16. The number of carbonyl (C=O) groups excluding carboxylic acids is 1. The van der Waals surface area contributed by atoms with Crippen molar-refractivity contribution in [3.63, 3.8) is 0 Å². The third-order valence-corrected chi connectivity index (χ3v) is 6.03. The summed E-state index contributed by atoms with van der Waals surface area (Å²) in [6.45, 7) is -0.580. The molecule has 10 heteroatoms. The second-order valence-corrected chi connectivity index (χ2v) is 8.58. The van der Waals surface area contributed by atoms with Crippen molar-refractivity contribution in [2.75, 3.05) is 20.7 Å². The largest absolute Gasteiger partial charge is 0.507 e. The van der Waals surface area contributed by atoms with Crippen LogP contribution in [0.5, 0.6) is 0 Å². The lowest BCUT2D eigenvalue weighted by molar-refractivity contribution is 0.0502. The number of nitriles is 1. The van der Waals surface area contributed by atoms with Crippen LogP contribution in [0.15, 0.2) is 59.2 Å². The van der Waals surface area contributed by atoms with Crippen molar-refractivity contribution in [1.29, 1.82) is 5.26 Å². The van der Waals surface area contributed by atoms with Gasteiger partial charge in [-0.3, -0.25) is 0 Å². The second kappa shape index (κ2) is 8.36. The van der Waals surface area contributed by atoms with E-state index in [9.17, 15) is 23.6 Å². The number of H-pyrrole nitrogens is 1. The highest BCUT2D eigenvalue weighted by Crippen LogP contribution is 2.20. The van der Waals surface area contributed by atoms with Crippen LogP contribution in [0.4, 0.5) is 0 Å². The monoisotopic (exact) mass is 426 g/mol. The number of sulfonamides is 1. The number of esters is 1. The van der Waals surface area contributed by atoms with Crippen molar-refractivity contribution in [2.24, 2.45) is 0 Å². The molecule has 9 nitrogen and oxygen atoms in total. The fourth-order valence-electron chi connectivity index (χ4n) is 2.61. The van der Waals surface area contributed by atoms with Crippen molar-refractivity contribution < 1.29 is 23.1 Å². The molecular weight excluding hydrogens is 408 g/mol. The molecule has 3 aromatic rings. The van der Waals surface area contributed by atoms with Gasteiger partial charge in [0, 0.05) is 14.1 Å². The Morgan fingerprint density at radius 3 is 2.63 bits per heavy atom. The van der Waals surface area contributed by atoms with Crippen molar-refractivity contribution in [1.82, 2.24) is 14.3 Å². The fraction of sp³-hybridized carbons (Fsp3) is 0.150. The Morgan fingerprint density at radius 1 is 1.23 bits per heavy atom. The predicted molar refractivity (Wildman–Crippen MR) is 109 cm³/mol. The first-order valence-corrected chi connectivity index (χ1v) is 10.1. The summed E-state index contributed by atoms with van der Waals surface area (Å²) < 4.78 is 30.5. The summed E-state index contributed by atoms with van der Waals surface area (Å²) in [5.74, 6) is -1.19. The highest BCUT2D eigenvalue weighted by molar-refractivity contribution is 7.89. The molecule has 0 aliphatic carbocycles. The number of benzene rings is 2. The van der Waals surface area contributed by atoms with Crippen molar-refractivity contribution >= 4 is 32.6 Å². The molecule has 1 aromatic heterocycles. The molecule has 0 radical (unpaired) electrons. The van der Waals surface area contributed by atoms with Gasteiger partial charge in [0.15, 0.2) is 11.6 Å². The number of aliphatic hydroxyl groups is 1. The summed E-state index contributed by atoms with van der Waals surface area (Å²) in [7, 11) is -0.960. The molecule has 0 spiro atoms. The van der Waals surface area contributed by atoms with Crippen molar-refractivity contribution in [3.05, 3.63) is 65.7 Å². The number of aromatic nitrogens is 2. The summed E-state index contributed by atoms with van der Waals surface area (Å²) in [6.07, 6.45) is 0. The van der Waals surface area contributed by atoms with E-state index in [1.165, 1.54) is 38.4 Å². The number of allylic oxidation sites excluding steroid dienone is 1.